The van der Waals surface area contributed by atoms with Gasteiger partial charge in [-0.15, -0.1) is 0 Å². The number of rotatable bonds is 6. The largest absolute Gasteiger partial charge is 0.485 e. The highest BCUT2D eigenvalue weighted by Crippen LogP contribution is 2.22. The summed E-state index contributed by atoms with van der Waals surface area (Å²) in [4.78, 5) is 16.3. The third-order valence-electron chi connectivity index (χ3n) is 3.78. The smallest absolute Gasteiger partial charge is 0.342 e. The molecule has 0 bridgehead atoms. The summed E-state index contributed by atoms with van der Waals surface area (Å²) in [6.07, 6.45) is 0. The maximum absolute atomic E-state index is 12.8. The molecule has 0 unspecified atom stereocenters. The lowest BCUT2D eigenvalue weighted by Crippen LogP contribution is -2.07. The molecule has 0 saturated carbocycles. The van der Waals surface area contributed by atoms with Gasteiger partial charge in [0.15, 0.2) is 13.2 Å². The van der Waals surface area contributed by atoms with Crippen molar-refractivity contribution in [3.63, 3.8) is 0 Å². The van der Waals surface area contributed by atoms with Crippen LogP contribution in [0.15, 0.2) is 33.2 Å². The predicted molar refractivity (Wildman–Crippen MR) is 87.1 cm³/mol. The maximum Gasteiger partial charge on any atom is 0.342 e. The van der Waals surface area contributed by atoms with Crippen molar-refractivity contribution in [3.05, 3.63) is 64.4 Å². The molecule has 0 aliphatic carbocycles. The third kappa shape index (κ3) is 3.90. The molecular formula is C18H17FN2O5. The normalized spacial score (nSPS) is 10.8. The fourth-order valence-corrected chi connectivity index (χ4v) is 2.38. The summed E-state index contributed by atoms with van der Waals surface area (Å²) in [5.41, 5.74) is 1.15. The number of aryl methyl sites for hydroxylation is 2. The minimum absolute atomic E-state index is 0.0439. The first-order valence-corrected chi connectivity index (χ1v) is 7.87. The summed E-state index contributed by atoms with van der Waals surface area (Å²) >= 11 is 0. The number of benzene rings is 1. The molecule has 3 aromatic rings. The zero-order valence-corrected chi connectivity index (χ0v) is 14.5. The van der Waals surface area contributed by atoms with Gasteiger partial charge in [-0.2, -0.15) is 4.98 Å². The molecule has 0 aliphatic heterocycles. The summed E-state index contributed by atoms with van der Waals surface area (Å²) < 4.78 is 33.9. The van der Waals surface area contributed by atoms with Gasteiger partial charge in [0.1, 0.15) is 28.7 Å². The highest BCUT2D eigenvalue weighted by atomic mass is 19.1. The summed E-state index contributed by atoms with van der Waals surface area (Å²) in [6, 6.07) is 5.57. The van der Waals surface area contributed by atoms with Crippen molar-refractivity contribution in [2.75, 3.05) is 0 Å². The van der Waals surface area contributed by atoms with Crippen molar-refractivity contribution in [3.8, 4) is 5.75 Å². The van der Waals surface area contributed by atoms with Crippen molar-refractivity contribution >= 4 is 5.97 Å². The second-order valence-corrected chi connectivity index (χ2v) is 5.64. The number of furan rings is 1. The maximum atomic E-state index is 12.8. The number of aromatic nitrogens is 2. The van der Waals surface area contributed by atoms with E-state index in [4.69, 9.17) is 18.4 Å². The second-order valence-electron chi connectivity index (χ2n) is 5.64. The van der Waals surface area contributed by atoms with E-state index in [1.54, 1.807) is 20.8 Å². The average molecular weight is 360 g/mol. The Labute approximate surface area is 148 Å². The summed E-state index contributed by atoms with van der Waals surface area (Å²) in [5.74, 6) is 1.22. The van der Waals surface area contributed by atoms with Gasteiger partial charge < -0.3 is 18.4 Å². The van der Waals surface area contributed by atoms with Crippen LogP contribution in [-0.4, -0.2) is 16.1 Å². The number of halogens is 1. The molecule has 26 heavy (non-hydrogen) atoms. The molecule has 7 nitrogen and oxygen atoms in total. The first kappa shape index (κ1) is 17.7. The predicted octanol–water partition coefficient (Wildman–Crippen LogP) is 3.66. The van der Waals surface area contributed by atoms with Crippen LogP contribution in [0.2, 0.25) is 0 Å². The van der Waals surface area contributed by atoms with Gasteiger partial charge in [-0.3, -0.25) is 0 Å². The topological polar surface area (TPSA) is 87.6 Å². The Balaban J connectivity index is 1.55. The summed E-state index contributed by atoms with van der Waals surface area (Å²) in [5, 5.41) is 3.74. The number of nitrogens with zero attached hydrogens (tertiary/aromatic N) is 2. The van der Waals surface area contributed by atoms with Crippen LogP contribution in [0.25, 0.3) is 0 Å². The van der Waals surface area contributed by atoms with Crippen molar-refractivity contribution in [1.82, 2.24) is 10.1 Å². The molecule has 0 radical (unpaired) electrons. The molecule has 0 fully saturated rings. The van der Waals surface area contributed by atoms with E-state index in [0.29, 0.717) is 22.8 Å². The number of ether oxygens (including phenoxy) is 2. The van der Waals surface area contributed by atoms with Gasteiger partial charge in [-0.1, -0.05) is 5.16 Å². The van der Waals surface area contributed by atoms with Crippen LogP contribution in [0.3, 0.4) is 0 Å². The van der Waals surface area contributed by atoms with Crippen LogP contribution in [0, 0.1) is 26.6 Å². The highest BCUT2D eigenvalue weighted by Gasteiger charge is 2.20. The number of hydrogen-bond acceptors (Lipinski definition) is 7. The van der Waals surface area contributed by atoms with E-state index in [2.05, 4.69) is 10.1 Å². The zero-order chi connectivity index (χ0) is 18.7. The van der Waals surface area contributed by atoms with Crippen LogP contribution in [-0.2, 0) is 18.0 Å². The Morgan fingerprint density at radius 1 is 1.12 bits per heavy atom. The first-order valence-electron chi connectivity index (χ1n) is 7.87. The first-order chi connectivity index (χ1) is 12.4. The van der Waals surface area contributed by atoms with Gasteiger partial charge in [0.2, 0.25) is 5.82 Å². The van der Waals surface area contributed by atoms with Crippen LogP contribution in [0.4, 0.5) is 4.39 Å². The molecule has 0 N–H and O–H groups in total. The van der Waals surface area contributed by atoms with Crippen LogP contribution in [0.5, 0.6) is 5.75 Å². The quantitative estimate of drug-likeness (QED) is 0.620. The van der Waals surface area contributed by atoms with Crippen LogP contribution < -0.4 is 4.74 Å². The van der Waals surface area contributed by atoms with E-state index in [9.17, 15) is 9.18 Å². The third-order valence-corrected chi connectivity index (χ3v) is 3.78. The lowest BCUT2D eigenvalue weighted by molar-refractivity contribution is 0.0427. The standard InChI is InChI=1S/C18H17FN2O5/c1-10-11(2)25-12(3)17(10)18(22)24-9-16-20-15(21-26-16)8-23-14-6-4-13(19)5-7-14/h4-7H,8-9H2,1-3H3. The summed E-state index contributed by atoms with van der Waals surface area (Å²) in [6.45, 7) is 5.16. The molecule has 0 spiro atoms. The molecular weight excluding hydrogens is 343 g/mol. The molecule has 8 heteroatoms. The fraction of sp³-hybridized carbons (Fsp3) is 0.278. The van der Waals surface area contributed by atoms with E-state index in [1.165, 1.54) is 24.3 Å². The van der Waals surface area contributed by atoms with Crippen LogP contribution in [0.1, 0.15) is 39.2 Å². The number of carbonyl (C=O) groups excluding carboxylic acids is 1. The monoisotopic (exact) mass is 360 g/mol. The molecule has 136 valence electrons. The molecule has 2 aromatic heterocycles. The highest BCUT2D eigenvalue weighted by molar-refractivity contribution is 5.92. The van der Waals surface area contributed by atoms with Gasteiger partial charge in [-0.25, -0.2) is 9.18 Å². The van der Waals surface area contributed by atoms with Crippen molar-refractivity contribution in [2.24, 2.45) is 0 Å². The number of esters is 1. The van der Waals surface area contributed by atoms with E-state index < -0.39 is 5.97 Å². The van der Waals surface area contributed by atoms with E-state index >= 15 is 0 Å². The lowest BCUT2D eigenvalue weighted by Gasteiger charge is -2.02. The molecule has 3 rings (SSSR count). The fourth-order valence-electron chi connectivity index (χ4n) is 2.38. The Bertz CT molecular complexity index is 914. The SMILES string of the molecule is Cc1oc(C)c(C(=O)OCc2nc(COc3ccc(F)cc3)no2)c1C. The second kappa shape index (κ2) is 7.38. The number of carbonyl (C=O) groups is 1. The molecule has 0 aliphatic rings. The van der Waals surface area contributed by atoms with E-state index in [-0.39, 0.29) is 30.7 Å². The minimum atomic E-state index is -0.515. The van der Waals surface area contributed by atoms with E-state index in [1.807, 2.05) is 0 Å². The lowest BCUT2D eigenvalue weighted by atomic mass is 10.1. The van der Waals surface area contributed by atoms with E-state index in [0.717, 1.165) is 5.56 Å². The van der Waals surface area contributed by atoms with Gasteiger partial charge in [0.05, 0.1) is 0 Å². The molecule has 0 saturated heterocycles. The zero-order valence-electron chi connectivity index (χ0n) is 14.5. The van der Waals surface area contributed by atoms with Gasteiger partial charge in [0.25, 0.3) is 5.89 Å². The minimum Gasteiger partial charge on any atom is -0.485 e. The summed E-state index contributed by atoms with van der Waals surface area (Å²) in [7, 11) is 0. The molecule has 2 heterocycles. The van der Waals surface area contributed by atoms with Crippen molar-refractivity contribution in [1.29, 1.82) is 0 Å². The molecule has 0 atom stereocenters. The number of hydrogen-bond donors (Lipinski definition) is 0. The van der Waals surface area contributed by atoms with Gasteiger partial charge in [0, 0.05) is 5.56 Å². The van der Waals surface area contributed by atoms with Gasteiger partial charge >= 0.3 is 5.97 Å². The average Bonchev–Trinajstić information content (AvgIpc) is 3.17. The van der Waals surface area contributed by atoms with Crippen molar-refractivity contribution < 1.29 is 27.6 Å². The Morgan fingerprint density at radius 2 is 1.85 bits per heavy atom. The Kier molecular flexibility index (Phi) is 5.01. The van der Waals surface area contributed by atoms with Crippen LogP contribution >= 0.6 is 0 Å². The van der Waals surface area contributed by atoms with Crippen molar-refractivity contribution in [2.45, 2.75) is 34.0 Å². The Hall–Kier alpha value is -3.16. The molecule has 1 aromatic carbocycles. The van der Waals surface area contributed by atoms with Gasteiger partial charge in [-0.05, 0) is 45.0 Å². The Morgan fingerprint density at radius 3 is 2.50 bits per heavy atom. The molecule has 0 amide bonds.